The van der Waals surface area contributed by atoms with Gasteiger partial charge in [0, 0.05) is 60.7 Å². The van der Waals surface area contributed by atoms with E-state index in [0.29, 0.717) is 0 Å². The van der Waals surface area contributed by atoms with Crippen LogP contribution in [0.15, 0.2) is 127 Å². The van der Waals surface area contributed by atoms with E-state index < -0.39 is 0 Å². The second kappa shape index (κ2) is 11.9. The molecule has 2 heteroatoms. The molecular formula is C34H34N2+2. The standard InChI is InChI=1S/C27H25N2.C7H8/c1-20-4-10-23(11-5-20)28-24-12-18-27(19-13-24)29(25-14-6-21(2)7-15-25)26-16-8-22(3)9-17-26;1-7-5-3-2-4-6-7/h4-19H,1-3H3;2-6H,1H3/q+1;/p+1. The van der Waals surface area contributed by atoms with Gasteiger partial charge in [-0.05, 0) is 27.7 Å². The highest BCUT2D eigenvalue weighted by Gasteiger charge is 2.20. The molecule has 36 heavy (non-hydrogen) atoms. The maximum atomic E-state index is 3.47. The van der Waals surface area contributed by atoms with Crippen molar-refractivity contribution in [3.63, 3.8) is 0 Å². The van der Waals surface area contributed by atoms with Crippen molar-refractivity contribution >= 4 is 28.5 Å². The Bertz CT molecular complexity index is 1340. The molecule has 0 aliphatic heterocycles. The molecule has 0 aromatic heterocycles. The van der Waals surface area contributed by atoms with E-state index in [0.717, 1.165) is 28.5 Å². The zero-order valence-electron chi connectivity index (χ0n) is 21.6. The van der Waals surface area contributed by atoms with Crippen LogP contribution in [0.5, 0.6) is 0 Å². The molecule has 4 aromatic carbocycles. The van der Waals surface area contributed by atoms with Gasteiger partial charge in [-0.2, -0.15) is 4.58 Å². The molecule has 178 valence electrons. The first-order valence-electron chi connectivity index (χ1n) is 12.4. The summed E-state index contributed by atoms with van der Waals surface area (Å²) in [7, 11) is 0. The molecule has 0 saturated heterocycles. The number of hydrogen-bond donors (Lipinski definition) is 1. The molecular weight excluding hydrogens is 436 g/mol. The molecule has 5 rings (SSSR count). The Morgan fingerprint density at radius 1 is 0.444 bits per heavy atom. The lowest BCUT2D eigenvalue weighted by Crippen LogP contribution is -2.65. The minimum Gasteiger partial charge on any atom is -0.205 e. The highest BCUT2D eigenvalue weighted by molar-refractivity contribution is 6.18. The van der Waals surface area contributed by atoms with E-state index in [1.807, 2.05) is 18.2 Å². The average Bonchev–Trinajstić information content (AvgIpc) is 2.90. The van der Waals surface area contributed by atoms with Crippen LogP contribution in [0, 0.1) is 27.7 Å². The minimum absolute atomic E-state index is 1.07. The third-order valence-corrected chi connectivity index (χ3v) is 5.99. The van der Waals surface area contributed by atoms with Gasteiger partial charge < -0.3 is 0 Å². The molecule has 1 aliphatic carbocycles. The first-order chi connectivity index (χ1) is 17.5. The van der Waals surface area contributed by atoms with Crippen molar-refractivity contribution < 1.29 is 4.99 Å². The molecule has 0 fully saturated rings. The fourth-order valence-electron chi connectivity index (χ4n) is 3.87. The van der Waals surface area contributed by atoms with Crippen LogP contribution >= 0.6 is 0 Å². The number of allylic oxidation sites excluding steroid dienone is 4. The van der Waals surface area contributed by atoms with Gasteiger partial charge in [-0.25, -0.2) is 4.99 Å². The predicted molar refractivity (Wildman–Crippen MR) is 155 cm³/mol. The Morgan fingerprint density at radius 3 is 1.28 bits per heavy atom. The first-order valence-corrected chi connectivity index (χ1v) is 12.4. The van der Waals surface area contributed by atoms with Crippen molar-refractivity contribution in [3.8, 4) is 0 Å². The smallest absolute Gasteiger partial charge is 0.205 e. The molecule has 2 nitrogen and oxygen atoms in total. The molecule has 1 N–H and O–H groups in total. The predicted octanol–water partition coefficient (Wildman–Crippen LogP) is 6.86. The average molecular weight is 471 g/mol. The molecule has 0 saturated carbocycles. The van der Waals surface area contributed by atoms with E-state index in [1.54, 1.807) is 0 Å². The van der Waals surface area contributed by atoms with Crippen molar-refractivity contribution in [2.75, 3.05) is 0 Å². The maximum absolute atomic E-state index is 3.47. The largest absolute Gasteiger partial charge is 0.212 e. The summed E-state index contributed by atoms with van der Waals surface area (Å²) in [5, 5.41) is 0. The lowest BCUT2D eigenvalue weighted by atomic mass is 10.1. The van der Waals surface area contributed by atoms with Gasteiger partial charge in [-0.1, -0.05) is 89.0 Å². The zero-order chi connectivity index (χ0) is 25.3. The topological polar surface area (TPSA) is 17.0 Å². The van der Waals surface area contributed by atoms with E-state index >= 15 is 0 Å². The van der Waals surface area contributed by atoms with Crippen LogP contribution in [0.4, 0.5) is 17.1 Å². The van der Waals surface area contributed by atoms with E-state index in [-0.39, 0.29) is 0 Å². The van der Waals surface area contributed by atoms with Crippen molar-refractivity contribution in [1.82, 2.24) is 4.58 Å². The number of hydrogen-bond acceptors (Lipinski definition) is 0. The van der Waals surface area contributed by atoms with Crippen LogP contribution in [0.2, 0.25) is 0 Å². The molecule has 0 heterocycles. The summed E-state index contributed by atoms with van der Waals surface area (Å²) in [5.41, 5.74) is 10.7. The van der Waals surface area contributed by atoms with Gasteiger partial charge in [-0.3, -0.25) is 0 Å². The highest BCUT2D eigenvalue weighted by atomic mass is 15.0. The molecule has 0 unspecified atom stereocenters. The number of benzene rings is 4. The van der Waals surface area contributed by atoms with Crippen LogP contribution < -0.4 is 9.57 Å². The van der Waals surface area contributed by atoms with Crippen molar-refractivity contribution in [1.29, 1.82) is 0 Å². The van der Waals surface area contributed by atoms with E-state index in [2.05, 4.69) is 146 Å². The lowest BCUT2D eigenvalue weighted by molar-refractivity contribution is -0.351. The van der Waals surface area contributed by atoms with Crippen molar-refractivity contribution in [3.05, 3.63) is 150 Å². The van der Waals surface area contributed by atoms with E-state index in [1.165, 1.54) is 22.3 Å². The van der Waals surface area contributed by atoms with Crippen molar-refractivity contribution in [2.45, 2.75) is 27.7 Å². The van der Waals surface area contributed by atoms with Gasteiger partial charge in [0.1, 0.15) is 0 Å². The summed E-state index contributed by atoms with van der Waals surface area (Å²) < 4.78 is 2.29. The monoisotopic (exact) mass is 470 g/mol. The summed E-state index contributed by atoms with van der Waals surface area (Å²) in [6, 6.07) is 36.0. The van der Waals surface area contributed by atoms with Gasteiger partial charge in [0.25, 0.3) is 0 Å². The molecule has 0 atom stereocenters. The van der Waals surface area contributed by atoms with Crippen LogP contribution in [0.3, 0.4) is 0 Å². The Hall–Kier alpha value is -4.30. The van der Waals surface area contributed by atoms with Crippen LogP contribution in [0.1, 0.15) is 22.3 Å². The summed E-state index contributed by atoms with van der Waals surface area (Å²) in [6.45, 7) is 8.42. The van der Waals surface area contributed by atoms with Crippen LogP contribution in [-0.2, 0) is 0 Å². The fraction of sp³-hybridized carbons (Fsp3) is 0.118. The Balaban J connectivity index is 0.000000375. The van der Waals surface area contributed by atoms with Gasteiger partial charge >= 0.3 is 0 Å². The Morgan fingerprint density at radius 2 is 0.861 bits per heavy atom. The number of nitrogens with one attached hydrogen (secondary N) is 1. The zero-order valence-corrected chi connectivity index (χ0v) is 21.6. The minimum atomic E-state index is 1.07. The first kappa shape index (κ1) is 24.8. The van der Waals surface area contributed by atoms with Gasteiger partial charge in [0.2, 0.25) is 28.5 Å². The third-order valence-electron chi connectivity index (χ3n) is 5.99. The molecule has 4 aromatic rings. The Labute approximate surface area is 215 Å². The SMILES string of the molecule is Cc1ccc([NH+]=C2C=CC(=[N+](c3ccc(C)cc3)c3ccc(C)cc3)C=C2)cc1.Cc1ccccc1. The molecule has 0 spiro atoms. The maximum Gasteiger partial charge on any atom is 0.212 e. The molecule has 0 bridgehead atoms. The number of aryl methyl sites for hydroxylation is 4. The highest BCUT2D eigenvalue weighted by Crippen LogP contribution is 2.23. The number of nitrogens with zero attached hydrogens (tertiary/aromatic N) is 1. The molecule has 1 aliphatic rings. The van der Waals surface area contributed by atoms with E-state index in [9.17, 15) is 0 Å². The molecule has 0 radical (unpaired) electrons. The number of rotatable bonds is 3. The van der Waals surface area contributed by atoms with Gasteiger partial charge in [-0.15, -0.1) is 0 Å². The van der Waals surface area contributed by atoms with Crippen molar-refractivity contribution in [2.24, 2.45) is 0 Å². The summed E-state index contributed by atoms with van der Waals surface area (Å²) in [6.07, 6.45) is 8.58. The van der Waals surface area contributed by atoms with Crippen LogP contribution in [0.25, 0.3) is 0 Å². The van der Waals surface area contributed by atoms with E-state index in [4.69, 9.17) is 0 Å². The normalized spacial score (nSPS) is 12.1. The van der Waals surface area contributed by atoms with Gasteiger partial charge in [0.05, 0.1) is 0 Å². The quantitative estimate of drug-likeness (QED) is 0.249. The fourth-order valence-corrected chi connectivity index (χ4v) is 3.87. The second-order valence-electron chi connectivity index (χ2n) is 9.20. The summed E-state index contributed by atoms with van der Waals surface area (Å²) in [4.78, 5) is 3.47. The Kier molecular flexibility index (Phi) is 8.20. The van der Waals surface area contributed by atoms with Crippen LogP contribution in [-0.4, -0.2) is 11.4 Å². The third kappa shape index (κ3) is 6.86. The summed E-state index contributed by atoms with van der Waals surface area (Å²) in [5.74, 6) is 0. The molecule has 0 amide bonds. The second-order valence-corrected chi connectivity index (χ2v) is 9.20. The lowest BCUT2D eigenvalue weighted by Gasteiger charge is -2.07. The van der Waals surface area contributed by atoms with Gasteiger partial charge in [0.15, 0.2) is 0 Å². The summed E-state index contributed by atoms with van der Waals surface area (Å²) >= 11 is 0.